The van der Waals surface area contributed by atoms with Gasteiger partial charge in [0.1, 0.15) is 0 Å². The van der Waals surface area contributed by atoms with Crippen molar-refractivity contribution in [2.75, 3.05) is 26.2 Å². The fourth-order valence-corrected chi connectivity index (χ4v) is 2.73. The maximum Gasteiger partial charge on any atom is 0.225 e. The molecule has 5 nitrogen and oxygen atoms in total. The molecule has 0 bridgehead atoms. The molecular formula is C17H24N2O3. The number of carbonyl (C=O) groups excluding carboxylic acids is 2. The number of carbonyl (C=O) groups is 2. The van der Waals surface area contributed by atoms with E-state index >= 15 is 0 Å². The summed E-state index contributed by atoms with van der Waals surface area (Å²) >= 11 is 0. The highest BCUT2D eigenvalue weighted by Crippen LogP contribution is 2.25. The molecule has 1 N–H and O–H groups in total. The first-order valence-corrected chi connectivity index (χ1v) is 7.77. The average Bonchev–Trinajstić information content (AvgIpc) is 2.54. The van der Waals surface area contributed by atoms with Crippen molar-refractivity contribution in [3.8, 4) is 0 Å². The van der Waals surface area contributed by atoms with E-state index in [2.05, 4.69) is 0 Å². The highest BCUT2D eigenvalue weighted by atomic mass is 16.3. The van der Waals surface area contributed by atoms with Crippen molar-refractivity contribution >= 4 is 11.8 Å². The van der Waals surface area contributed by atoms with Crippen LogP contribution in [0, 0.1) is 0 Å². The van der Waals surface area contributed by atoms with Crippen molar-refractivity contribution in [1.29, 1.82) is 0 Å². The second kappa shape index (κ2) is 6.92. The minimum atomic E-state index is -1.17. The van der Waals surface area contributed by atoms with Gasteiger partial charge < -0.3 is 14.9 Å². The number of benzene rings is 1. The number of amides is 2. The van der Waals surface area contributed by atoms with Gasteiger partial charge in [-0.25, -0.2) is 0 Å². The minimum absolute atomic E-state index is 0.0543. The summed E-state index contributed by atoms with van der Waals surface area (Å²) < 4.78 is 0. The maximum atomic E-state index is 12.4. The van der Waals surface area contributed by atoms with Crippen LogP contribution in [-0.4, -0.2) is 52.9 Å². The van der Waals surface area contributed by atoms with Gasteiger partial charge in [-0.05, 0) is 12.5 Å². The summed E-state index contributed by atoms with van der Waals surface area (Å²) in [5.74, 6) is 0.0563. The molecule has 0 radical (unpaired) electrons. The summed E-state index contributed by atoms with van der Waals surface area (Å²) in [7, 11) is 0. The third kappa shape index (κ3) is 3.85. The third-order valence-electron chi connectivity index (χ3n) is 4.18. The molecule has 1 saturated heterocycles. The molecule has 5 heteroatoms. The van der Waals surface area contributed by atoms with Crippen LogP contribution in [0.1, 0.15) is 32.3 Å². The van der Waals surface area contributed by atoms with Crippen LogP contribution in [0.5, 0.6) is 0 Å². The molecule has 1 unspecified atom stereocenters. The SMILES string of the molecule is CCC(=O)N1CCN(C(=O)CC(C)(O)c2ccccc2)CC1. The molecule has 1 atom stereocenters. The highest BCUT2D eigenvalue weighted by molar-refractivity contribution is 5.79. The van der Waals surface area contributed by atoms with Crippen LogP contribution >= 0.6 is 0 Å². The zero-order valence-electron chi connectivity index (χ0n) is 13.3. The van der Waals surface area contributed by atoms with E-state index in [0.29, 0.717) is 32.6 Å². The molecule has 2 rings (SSSR count). The molecule has 1 aromatic rings. The van der Waals surface area contributed by atoms with E-state index in [-0.39, 0.29) is 18.2 Å². The lowest BCUT2D eigenvalue weighted by molar-refractivity contribution is -0.142. The van der Waals surface area contributed by atoms with Crippen LogP contribution in [0.3, 0.4) is 0 Å². The lowest BCUT2D eigenvalue weighted by Crippen LogP contribution is -2.51. The zero-order chi connectivity index (χ0) is 16.2. The van der Waals surface area contributed by atoms with E-state index in [1.165, 1.54) is 0 Å². The predicted molar refractivity (Wildman–Crippen MR) is 84.1 cm³/mol. The van der Waals surface area contributed by atoms with Crippen molar-refractivity contribution in [2.24, 2.45) is 0 Å². The number of rotatable bonds is 4. The Balaban J connectivity index is 1.92. The van der Waals surface area contributed by atoms with Gasteiger partial charge >= 0.3 is 0 Å². The standard InChI is InChI=1S/C17H24N2O3/c1-3-15(20)18-9-11-19(12-10-18)16(21)13-17(2,22)14-7-5-4-6-8-14/h4-8,22H,3,9-13H2,1-2H3. The van der Waals surface area contributed by atoms with E-state index < -0.39 is 5.60 Å². The van der Waals surface area contributed by atoms with E-state index in [1.807, 2.05) is 37.3 Å². The van der Waals surface area contributed by atoms with Crippen LogP contribution in [0.4, 0.5) is 0 Å². The fraction of sp³-hybridized carbons (Fsp3) is 0.529. The van der Waals surface area contributed by atoms with Crippen LogP contribution < -0.4 is 0 Å². The van der Waals surface area contributed by atoms with Crippen LogP contribution in [0.25, 0.3) is 0 Å². The van der Waals surface area contributed by atoms with Gasteiger partial charge in [-0.2, -0.15) is 0 Å². The summed E-state index contributed by atoms with van der Waals surface area (Å²) in [6.07, 6.45) is 0.551. The molecule has 0 aliphatic carbocycles. The Morgan fingerprint density at radius 1 is 1.05 bits per heavy atom. The fourth-order valence-electron chi connectivity index (χ4n) is 2.73. The Kier molecular flexibility index (Phi) is 5.19. The van der Waals surface area contributed by atoms with Crippen molar-refractivity contribution < 1.29 is 14.7 Å². The van der Waals surface area contributed by atoms with Gasteiger partial charge in [0.15, 0.2) is 0 Å². The van der Waals surface area contributed by atoms with Crippen LogP contribution in [-0.2, 0) is 15.2 Å². The number of hydrogen-bond acceptors (Lipinski definition) is 3. The van der Waals surface area contributed by atoms with Gasteiger partial charge in [0.05, 0.1) is 12.0 Å². The van der Waals surface area contributed by atoms with Gasteiger partial charge in [-0.3, -0.25) is 9.59 Å². The van der Waals surface area contributed by atoms with Gasteiger partial charge in [-0.15, -0.1) is 0 Å². The minimum Gasteiger partial charge on any atom is -0.385 e. The monoisotopic (exact) mass is 304 g/mol. The highest BCUT2D eigenvalue weighted by Gasteiger charge is 2.30. The first-order valence-electron chi connectivity index (χ1n) is 7.77. The molecule has 22 heavy (non-hydrogen) atoms. The molecular weight excluding hydrogens is 280 g/mol. The van der Waals surface area contributed by atoms with E-state index in [4.69, 9.17) is 0 Å². The smallest absolute Gasteiger partial charge is 0.225 e. The quantitative estimate of drug-likeness (QED) is 0.914. The Labute approximate surface area is 131 Å². The van der Waals surface area contributed by atoms with E-state index in [9.17, 15) is 14.7 Å². The van der Waals surface area contributed by atoms with E-state index in [0.717, 1.165) is 5.56 Å². The number of aliphatic hydroxyl groups is 1. The topological polar surface area (TPSA) is 60.9 Å². The normalized spacial score (nSPS) is 18.0. The van der Waals surface area contributed by atoms with Crippen molar-refractivity contribution in [3.63, 3.8) is 0 Å². The second-order valence-corrected chi connectivity index (χ2v) is 5.93. The van der Waals surface area contributed by atoms with Gasteiger partial charge in [0.25, 0.3) is 0 Å². The molecule has 1 aromatic carbocycles. The summed E-state index contributed by atoms with van der Waals surface area (Å²) in [5, 5.41) is 10.6. The Bertz CT molecular complexity index is 520. The van der Waals surface area contributed by atoms with Gasteiger partial charge in [0.2, 0.25) is 11.8 Å². The molecule has 0 spiro atoms. The molecule has 1 fully saturated rings. The largest absolute Gasteiger partial charge is 0.385 e. The van der Waals surface area contributed by atoms with Crippen molar-refractivity contribution in [2.45, 2.75) is 32.3 Å². The average molecular weight is 304 g/mol. The maximum absolute atomic E-state index is 12.4. The number of hydrogen-bond donors (Lipinski definition) is 1. The Morgan fingerprint density at radius 2 is 1.55 bits per heavy atom. The Hall–Kier alpha value is -1.88. The van der Waals surface area contributed by atoms with Gasteiger partial charge in [0, 0.05) is 32.6 Å². The predicted octanol–water partition coefficient (Wildman–Crippen LogP) is 1.36. The first kappa shape index (κ1) is 16.5. The molecule has 120 valence electrons. The lowest BCUT2D eigenvalue weighted by atomic mass is 9.92. The molecule has 2 amide bonds. The third-order valence-corrected chi connectivity index (χ3v) is 4.18. The van der Waals surface area contributed by atoms with E-state index in [1.54, 1.807) is 16.7 Å². The lowest BCUT2D eigenvalue weighted by Gasteiger charge is -2.36. The van der Waals surface area contributed by atoms with Crippen LogP contribution in [0.15, 0.2) is 30.3 Å². The first-order chi connectivity index (χ1) is 10.4. The van der Waals surface area contributed by atoms with Gasteiger partial charge in [-0.1, -0.05) is 37.3 Å². The summed E-state index contributed by atoms with van der Waals surface area (Å²) in [6, 6.07) is 9.23. The number of piperazine rings is 1. The molecule has 1 heterocycles. The molecule has 1 aliphatic rings. The molecule has 1 aliphatic heterocycles. The zero-order valence-corrected chi connectivity index (χ0v) is 13.3. The van der Waals surface area contributed by atoms with Crippen molar-refractivity contribution in [3.05, 3.63) is 35.9 Å². The van der Waals surface area contributed by atoms with Crippen molar-refractivity contribution in [1.82, 2.24) is 9.80 Å². The van der Waals surface area contributed by atoms with Crippen LogP contribution in [0.2, 0.25) is 0 Å². The Morgan fingerprint density at radius 3 is 2.05 bits per heavy atom. The summed E-state index contributed by atoms with van der Waals surface area (Å²) in [4.78, 5) is 27.6. The second-order valence-electron chi connectivity index (χ2n) is 5.93. The molecule has 0 aromatic heterocycles. The molecule has 0 saturated carbocycles. The number of nitrogens with zero attached hydrogens (tertiary/aromatic N) is 2. The summed E-state index contributed by atoms with van der Waals surface area (Å²) in [5.41, 5.74) is -0.433. The summed E-state index contributed by atoms with van der Waals surface area (Å²) in [6.45, 7) is 5.73.